The Balaban J connectivity index is 1.58. The molecule has 0 unspecified atom stereocenters. The van der Waals surface area contributed by atoms with Crippen LogP contribution < -0.4 is 10.9 Å². The number of hydrogen-bond acceptors (Lipinski definition) is 7. The van der Waals surface area contributed by atoms with Gasteiger partial charge in [-0.25, -0.2) is 19.3 Å². The fourth-order valence-electron chi connectivity index (χ4n) is 4.39. The van der Waals surface area contributed by atoms with Crippen molar-refractivity contribution in [2.75, 3.05) is 5.32 Å². The van der Waals surface area contributed by atoms with Crippen LogP contribution in [-0.2, 0) is 12.1 Å². The highest BCUT2D eigenvalue weighted by Crippen LogP contribution is 2.30. The number of aliphatic hydroxyl groups is 1. The summed E-state index contributed by atoms with van der Waals surface area (Å²) < 4.78 is 5.14. The Labute approximate surface area is 196 Å². The van der Waals surface area contributed by atoms with Gasteiger partial charge in [0.2, 0.25) is 5.95 Å². The number of nitrogens with zero attached hydrogens (tertiary/aromatic N) is 7. The molecule has 10 heteroatoms. The van der Waals surface area contributed by atoms with Crippen molar-refractivity contribution in [3.05, 3.63) is 65.5 Å². The van der Waals surface area contributed by atoms with Gasteiger partial charge in [0.15, 0.2) is 11.5 Å². The van der Waals surface area contributed by atoms with E-state index in [1.54, 1.807) is 49.0 Å². The molecule has 1 aliphatic rings. The molecule has 4 aromatic rings. The fraction of sp³-hybridized carbons (Fsp3) is 0.375. The Bertz CT molecular complexity index is 1400. The molecule has 0 aliphatic heterocycles. The number of pyridine rings is 1. The van der Waals surface area contributed by atoms with Crippen molar-refractivity contribution in [1.29, 1.82) is 0 Å². The molecule has 1 aliphatic carbocycles. The van der Waals surface area contributed by atoms with Gasteiger partial charge in [0.25, 0.3) is 5.56 Å². The van der Waals surface area contributed by atoms with Gasteiger partial charge in [-0.2, -0.15) is 10.1 Å². The quantitative estimate of drug-likeness (QED) is 0.406. The molecule has 5 rings (SSSR count). The molecule has 1 fully saturated rings. The van der Waals surface area contributed by atoms with Gasteiger partial charge in [0.1, 0.15) is 11.0 Å². The summed E-state index contributed by atoms with van der Waals surface area (Å²) in [6, 6.07) is 5.75. The molecule has 4 aromatic heterocycles. The number of anilines is 2. The van der Waals surface area contributed by atoms with Crippen LogP contribution >= 0.6 is 0 Å². The molecule has 1 saturated carbocycles. The van der Waals surface area contributed by atoms with Crippen molar-refractivity contribution in [1.82, 2.24) is 34.1 Å². The van der Waals surface area contributed by atoms with Crippen LogP contribution in [0.25, 0.3) is 16.9 Å². The Morgan fingerprint density at radius 3 is 2.76 bits per heavy atom. The van der Waals surface area contributed by atoms with E-state index in [4.69, 9.17) is 0 Å². The Kier molecular flexibility index (Phi) is 5.52. The number of allylic oxidation sites excluding steroid dienone is 1. The Hall–Kier alpha value is -3.79. The van der Waals surface area contributed by atoms with E-state index in [-0.39, 0.29) is 12.1 Å². The van der Waals surface area contributed by atoms with E-state index >= 15 is 0 Å². The lowest BCUT2D eigenvalue weighted by molar-refractivity contribution is 0.0738. The predicted octanol–water partition coefficient (Wildman–Crippen LogP) is 3.45. The van der Waals surface area contributed by atoms with E-state index in [2.05, 4.69) is 31.9 Å². The van der Waals surface area contributed by atoms with Gasteiger partial charge in [0.05, 0.1) is 30.2 Å². The number of fused-ring (bicyclic) bond motifs is 1. The smallest absolute Gasteiger partial charge is 0.278 e. The maximum atomic E-state index is 13.1. The van der Waals surface area contributed by atoms with Crippen molar-refractivity contribution < 1.29 is 5.11 Å². The first-order valence-electron chi connectivity index (χ1n) is 11.5. The fourth-order valence-corrected chi connectivity index (χ4v) is 4.39. The van der Waals surface area contributed by atoms with E-state index < -0.39 is 5.60 Å². The maximum absolute atomic E-state index is 13.1. The van der Waals surface area contributed by atoms with Gasteiger partial charge in [-0.05, 0) is 38.8 Å². The zero-order chi connectivity index (χ0) is 23.9. The number of rotatable bonds is 7. The summed E-state index contributed by atoms with van der Waals surface area (Å²) >= 11 is 0. The monoisotopic (exact) mass is 460 g/mol. The summed E-state index contributed by atoms with van der Waals surface area (Å²) in [7, 11) is 0. The molecule has 34 heavy (non-hydrogen) atoms. The lowest BCUT2D eigenvalue weighted by atomic mass is 10.1. The van der Waals surface area contributed by atoms with Crippen LogP contribution in [0.1, 0.15) is 51.3 Å². The number of hydrogen-bond donors (Lipinski definition) is 2. The van der Waals surface area contributed by atoms with Crippen molar-refractivity contribution >= 4 is 22.7 Å². The van der Waals surface area contributed by atoms with Crippen molar-refractivity contribution in [2.24, 2.45) is 0 Å². The highest BCUT2D eigenvalue weighted by molar-refractivity contribution is 5.77. The van der Waals surface area contributed by atoms with E-state index in [1.807, 2.05) is 10.9 Å². The average molecular weight is 461 g/mol. The molecule has 0 atom stereocenters. The molecule has 4 heterocycles. The third kappa shape index (κ3) is 4.01. The minimum absolute atomic E-state index is 0.244. The maximum Gasteiger partial charge on any atom is 0.278 e. The summed E-state index contributed by atoms with van der Waals surface area (Å²) in [4.78, 5) is 26.7. The van der Waals surface area contributed by atoms with Crippen LogP contribution in [0.4, 0.5) is 11.6 Å². The molecule has 0 aromatic carbocycles. The summed E-state index contributed by atoms with van der Waals surface area (Å²) in [6.07, 6.45) is 11.6. The second-order valence-electron chi connectivity index (χ2n) is 9.13. The van der Waals surface area contributed by atoms with Crippen LogP contribution in [0, 0.1) is 0 Å². The van der Waals surface area contributed by atoms with E-state index in [0.717, 1.165) is 18.5 Å². The summed E-state index contributed by atoms with van der Waals surface area (Å²) in [5.74, 6) is 0.814. The van der Waals surface area contributed by atoms with E-state index in [0.29, 0.717) is 34.5 Å². The third-order valence-electron chi connectivity index (χ3n) is 6.11. The first-order chi connectivity index (χ1) is 16.3. The minimum Gasteiger partial charge on any atom is -0.384 e. The van der Waals surface area contributed by atoms with Crippen molar-refractivity contribution in [2.45, 2.75) is 57.7 Å². The van der Waals surface area contributed by atoms with Gasteiger partial charge in [-0.3, -0.25) is 9.48 Å². The van der Waals surface area contributed by atoms with Crippen molar-refractivity contribution in [3.8, 4) is 5.82 Å². The first kappa shape index (κ1) is 22.0. The lowest BCUT2D eigenvalue weighted by Crippen LogP contribution is -2.23. The molecule has 0 saturated heterocycles. The molecule has 2 N–H and O–H groups in total. The zero-order valence-corrected chi connectivity index (χ0v) is 19.3. The Morgan fingerprint density at radius 2 is 2.03 bits per heavy atom. The van der Waals surface area contributed by atoms with Crippen molar-refractivity contribution in [3.63, 3.8) is 0 Å². The first-order valence-corrected chi connectivity index (χ1v) is 11.5. The molecule has 0 radical (unpaired) electrons. The average Bonchev–Trinajstić information content (AvgIpc) is 3.55. The summed E-state index contributed by atoms with van der Waals surface area (Å²) in [5, 5.41) is 18.5. The van der Waals surface area contributed by atoms with Crippen LogP contribution in [-0.4, -0.2) is 39.2 Å². The SMILES string of the molecule is C=CCn1c(=O)c2cnc(Nc3cnn(C4CCCC4)c3)nc2n1-c1cccc(C(C)(C)O)n1. The van der Waals surface area contributed by atoms with Gasteiger partial charge in [-0.15, -0.1) is 6.58 Å². The largest absolute Gasteiger partial charge is 0.384 e. The van der Waals surface area contributed by atoms with E-state index in [9.17, 15) is 9.90 Å². The van der Waals surface area contributed by atoms with E-state index in [1.165, 1.54) is 23.7 Å². The van der Waals surface area contributed by atoms with Gasteiger partial charge in [-0.1, -0.05) is 25.0 Å². The summed E-state index contributed by atoms with van der Waals surface area (Å²) in [6.45, 7) is 7.37. The molecule has 176 valence electrons. The molecule has 0 amide bonds. The summed E-state index contributed by atoms with van der Waals surface area (Å²) in [5.41, 5.74) is 0.298. The van der Waals surface area contributed by atoms with Crippen LogP contribution in [0.3, 0.4) is 0 Å². The number of nitrogens with one attached hydrogen (secondary N) is 1. The molecular weight excluding hydrogens is 432 g/mol. The highest BCUT2D eigenvalue weighted by Gasteiger charge is 2.22. The molecule has 0 bridgehead atoms. The Morgan fingerprint density at radius 1 is 1.24 bits per heavy atom. The number of aromatic nitrogens is 7. The second-order valence-corrected chi connectivity index (χ2v) is 9.13. The van der Waals surface area contributed by atoms with Crippen LogP contribution in [0.5, 0.6) is 0 Å². The zero-order valence-electron chi connectivity index (χ0n) is 19.3. The normalized spacial score (nSPS) is 14.7. The van der Waals surface area contributed by atoms with Gasteiger partial charge in [0, 0.05) is 12.4 Å². The predicted molar refractivity (Wildman–Crippen MR) is 129 cm³/mol. The standard InChI is InChI=1S/C24H28N8O2/c1-4-12-31-22(33)18-14-25-23(27-16-13-26-30(15-16)17-8-5-6-9-17)29-21(18)32(31)20-11-7-10-19(28-20)24(2,3)34/h4,7,10-11,13-15,17,34H,1,5-6,8-9,12H2,2-3H3,(H,25,27,29). The van der Waals surface area contributed by atoms with Gasteiger partial charge >= 0.3 is 0 Å². The molecule has 10 nitrogen and oxygen atoms in total. The minimum atomic E-state index is -1.14. The molecule has 0 spiro atoms. The lowest BCUT2D eigenvalue weighted by Gasteiger charge is -2.18. The van der Waals surface area contributed by atoms with Crippen LogP contribution in [0.15, 0.2) is 54.2 Å². The highest BCUT2D eigenvalue weighted by atomic mass is 16.3. The third-order valence-corrected chi connectivity index (χ3v) is 6.11. The van der Waals surface area contributed by atoms with Gasteiger partial charge < -0.3 is 10.4 Å². The van der Waals surface area contributed by atoms with Crippen LogP contribution in [0.2, 0.25) is 0 Å². The molecular formula is C24H28N8O2. The second kappa shape index (κ2) is 8.53. The topological polar surface area (TPSA) is 116 Å².